The van der Waals surface area contributed by atoms with Crippen molar-refractivity contribution in [2.75, 3.05) is 6.61 Å². The summed E-state index contributed by atoms with van der Waals surface area (Å²) < 4.78 is 3.33. The first-order valence-corrected chi connectivity index (χ1v) is 4.54. The number of carbonyl (C=O) groups is 2. The predicted octanol–water partition coefficient (Wildman–Crippen LogP) is 0.162. The van der Waals surface area contributed by atoms with Gasteiger partial charge in [-0.2, -0.15) is 0 Å². The van der Waals surface area contributed by atoms with E-state index in [4.69, 9.17) is 15.0 Å². The normalized spacial score (nSPS) is 6.50. The molecular weight excluding hydrogens is 390 g/mol. The van der Waals surface area contributed by atoms with E-state index in [1.807, 2.05) is 0 Å². The molecule has 0 aromatic carbocycles. The molecule has 0 saturated heterocycles. The van der Waals surface area contributed by atoms with Crippen molar-refractivity contribution in [3.8, 4) is 0 Å². The van der Waals surface area contributed by atoms with Crippen LogP contribution in [0.2, 0.25) is 0 Å². The summed E-state index contributed by atoms with van der Waals surface area (Å²) in [5.41, 5.74) is 0. The monoisotopic (exact) mass is 401 g/mol. The van der Waals surface area contributed by atoms with Crippen LogP contribution in [0.15, 0.2) is 12.7 Å². The van der Waals surface area contributed by atoms with Crippen LogP contribution in [-0.4, -0.2) is 75.4 Å². The van der Waals surface area contributed by atoms with Gasteiger partial charge in [-0.3, -0.25) is 0 Å². The first-order valence-electron chi connectivity index (χ1n) is 2.52. The molecule has 0 spiro atoms. The van der Waals surface area contributed by atoms with E-state index in [1.54, 1.807) is 0 Å². The van der Waals surface area contributed by atoms with Crippen LogP contribution >= 0.6 is 0 Å². The van der Waals surface area contributed by atoms with Gasteiger partial charge in [-0.15, -0.1) is 0 Å². The van der Waals surface area contributed by atoms with E-state index in [0.29, 0.717) is 0 Å². The van der Waals surface area contributed by atoms with Crippen LogP contribution in [0.1, 0.15) is 0 Å². The second-order valence-electron chi connectivity index (χ2n) is 1.26. The molecule has 12 heavy (non-hydrogen) atoms. The molecule has 63 valence electrons. The molecule has 0 fully saturated rings. The molecule has 0 aliphatic rings. The van der Waals surface area contributed by atoms with Gasteiger partial charge in [0.1, 0.15) is 6.61 Å². The van der Waals surface area contributed by atoms with Gasteiger partial charge in [-0.25, -0.2) is 4.79 Å². The molecule has 0 amide bonds. The van der Waals surface area contributed by atoms with Gasteiger partial charge >= 0.3 is 94.2 Å². The Hall–Kier alpha value is 0.974. The van der Waals surface area contributed by atoms with Gasteiger partial charge < -0.3 is 9.84 Å². The number of rotatable bonds is 2. The van der Waals surface area contributed by atoms with Crippen LogP contribution in [-0.2, 0) is 30.5 Å². The summed E-state index contributed by atoms with van der Waals surface area (Å²) in [6, 6.07) is 0. The van der Waals surface area contributed by atoms with Crippen LogP contribution in [0.4, 0.5) is 9.59 Å². The van der Waals surface area contributed by atoms with E-state index in [9.17, 15) is 4.79 Å². The summed E-state index contributed by atoms with van der Waals surface area (Å²) in [5.74, 6) is 0. The Morgan fingerprint density at radius 1 is 1.50 bits per heavy atom. The van der Waals surface area contributed by atoms with Gasteiger partial charge in [-0.05, 0) is 0 Å². The number of hydrogen-bond acceptors (Lipinski definition) is 3. The molecule has 7 heteroatoms. The maximum absolute atomic E-state index is 9.49. The maximum atomic E-state index is 9.49. The average Bonchev–Trinajstić information content (AvgIpc) is 1.82. The Bertz CT molecular complexity index is 145. The van der Waals surface area contributed by atoms with Crippen LogP contribution in [0, 0.1) is 0 Å². The molecule has 0 radical (unpaired) electrons. The fourth-order valence-electron chi connectivity index (χ4n) is 0.130. The topological polar surface area (TPSA) is 83.8 Å². The van der Waals surface area contributed by atoms with E-state index in [-0.39, 0.29) is 81.3 Å². The van der Waals surface area contributed by atoms with Crippen molar-refractivity contribution in [3.63, 3.8) is 0 Å². The zero-order chi connectivity index (χ0) is 9.28. The van der Waals surface area contributed by atoms with Crippen molar-refractivity contribution >= 4 is 58.6 Å². The van der Waals surface area contributed by atoms with Gasteiger partial charge in [-0.1, -0.05) is 12.7 Å². The van der Waals surface area contributed by atoms with Crippen molar-refractivity contribution in [1.29, 1.82) is 0 Å². The summed E-state index contributed by atoms with van der Waals surface area (Å²) in [4.78, 5) is 18.6. The average molecular weight is 399 g/mol. The Balaban J connectivity index is -0.000000142. The molecule has 0 aromatic rings. The van der Waals surface area contributed by atoms with Gasteiger partial charge in [0.05, 0.1) is 0 Å². The molecule has 0 aliphatic carbocycles. The second kappa shape index (κ2) is 14.5. The molecule has 5 nitrogen and oxygen atoms in total. The summed E-state index contributed by atoms with van der Waals surface area (Å²) in [6.45, 7) is 3.31. The van der Waals surface area contributed by atoms with Crippen LogP contribution in [0.3, 0.4) is 0 Å². The number of carboxylic acid groups (broad SMARTS) is 2. The summed E-state index contributed by atoms with van der Waals surface area (Å²) in [7, 11) is 0. The first-order chi connectivity index (χ1) is 5.00. The van der Waals surface area contributed by atoms with Crippen LogP contribution < -0.4 is 0 Å². The zero-order valence-electron chi connectivity index (χ0n) is 5.82. The predicted molar refractivity (Wildman–Crippen MR) is 40.7 cm³/mol. The molecule has 2 N–H and O–H groups in total. The van der Waals surface area contributed by atoms with Crippen LogP contribution in [0.25, 0.3) is 0 Å². The van der Waals surface area contributed by atoms with Gasteiger partial charge in [0.2, 0.25) is 0 Å². The van der Waals surface area contributed by atoms with E-state index in [0.717, 1.165) is 0 Å². The van der Waals surface area contributed by atoms with E-state index in [2.05, 4.69) is 11.3 Å². The Morgan fingerprint density at radius 2 is 1.83 bits per heavy atom. The standard InChI is InChI=1S/C4H6O3.CHO2.Ba.Cd.2H/c1-2-3-7-4(5)6;2-1-3;;;;/h2H,1,3H2,(H,5,6);(H,2,3);;;;. The molecule has 0 saturated carbocycles. The van der Waals surface area contributed by atoms with Gasteiger partial charge in [0.15, 0.2) is 0 Å². The number of ether oxygens (including phenoxy) is 1. The Labute approximate surface area is 126 Å². The SMILES string of the molecule is C=CCOC(=O)O.O=[C](O)[Cd].[BaH2]. The minimum absolute atomic E-state index is 0. The third-order valence-corrected chi connectivity index (χ3v) is 0.325. The van der Waals surface area contributed by atoms with Crippen molar-refractivity contribution in [2.45, 2.75) is 0 Å². The van der Waals surface area contributed by atoms with Crippen LogP contribution in [0.5, 0.6) is 0 Å². The molecule has 0 aromatic heterocycles. The van der Waals surface area contributed by atoms with E-state index >= 15 is 0 Å². The molecule has 0 bridgehead atoms. The van der Waals surface area contributed by atoms with E-state index < -0.39 is 9.68 Å². The fraction of sp³-hybridized carbons (Fsp3) is 0.200. The molecule has 0 heterocycles. The van der Waals surface area contributed by atoms with Gasteiger partial charge in [0, 0.05) is 0 Å². The van der Waals surface area contributed by atoms with Gasteiger partial charge in [0.25, 0.3) is 0 Å². The Kier molecular flexibility index (Phi) is 22.6. The first kappa shape index (κ1) is 18.7. The Morgan fingerprint density at radius 3 is 1.92 bits per heavy atom. The van der Waals surface area contributed by atoms with Crippen molar-refractivity contribution in [3.05, 3.63) is 12.7 Å². The summed E-state index contributed by atoms with van der Waals surface area (Å²) in [5, 5.41) is 15.3. The minimum atomic E-state index is -1.26. The third-order valence-electron chi connectivity index (χ3n) is 0.325. The molecule has 0 aliphatic heterocycles. The summed E-state index contributed by atoms with van der Waals surface area (Å²) in [6.07, 6.45) is 0.105. The second-order valence-corrected chi connectivity index (χ2v) is 2.99. The van der Waals surface area contributed by atoms with E-state index in [1.165, 1.54) is 6.08 Å². The van der Waals surface area contributed by atoms with Crippen molar-refractivity contribution in [2.24, 2.45) is 0 Å². The quantitative estimate of drug-likeness (QED) is 0.393. The summed E-state index contributed by atoms with van der Waals surface area (Å²) >= 11 is 0.0822. The molecule has 0 rings (SSSR count). The zero-order valence-corrected chi connectivity index (χ0v) is 9.85. The third kappa shape index (κ3) is 44.1. The molecular formula is C5H9BaCdO5. The molecule has 0 atom stereocenters. The van der Waals surface area contributed by atoms with Crippen molar-refractivity contribution in [1.82, 2.24) is 0 Å². The molecule has 0 unspecified atom stereocenters. The fourth-order valence-corrected chi connectivity index (χ4v) is 0.130. The number of hydrogen-bond donors (Lipinski definition) is 2. The van der Waals surface area contributed by atoms with Crippen molar-refractivity contribution < 1.29 is 50.3 Å².